The van der Waals surface area contributed by atoms with E-state index in [1.807, 2.05) is 6.07 Å². The van der Waals surface area contributed by atoms with E-state index in [2.05, 4.69) is 46.4 Å². The van der Waals surface area contributed by atoms with E-state index in [0.717, 1.165) is 12.8 Å². The molecule has 0 radical (unpaired) electrons. The average molecular weight is 211 g/mol. The van der Waals surface area contributed by atoms with Gasteiger partial charge in [-0.25, -0.2) is 0 Å². The fourth-order valence-corrected chi connectivity index (χ4v) is 1.90. The molecule has 16 heavy (non-hydrogen) atoms. The number of benzene rings is 2. The number of rotatable bonds is 4. The van der Waals surface area contributed by atoms with Crippen LogP contribution in [-0.2, 0) is 6.42 Å². The molecule has 80 valence electrons. The maximum Gasteiger partial charge on any atom is 0.0261 e. The minimum absolute atomic E-state index is 0.569. The Labute approximate surface area is 94.3 Å². The molecule has 3 nitrogen and oxygen atoms in total. The number of nitrogens with zero attached hydrogens (tertiary/aromatic N) is 3. The third-order valence-corrected chi connectivity index (χ3v) is 2.65. The predicted molar refractivity (Wildman–Crippen MR) is 66.3 cm³/mol. The highest BCUT2D eigenvalue weighted by Gasteiger charge is 1.99. The van der Waals surface area contributed by atoms with Gasteiger partial charge in [-0.3, -0.25) is 0 Å². The minimum Gasteiger partial charge on any atom is -0.0940 e. The summed E-state index contributed by atoms with van der Waals surface area (Å²) in [5, 5.41) is 6.11. The Morgan fingerprint density at radius 1 is 1.06 bits per heavy atom. The quantitative estimate of drug-likeness (QED) is 0.316. The van der Waals surface area contributed by atoms with Gasteiger partial charge < -0.3 is 0 Å². The van der Waals surface area contributed by atoms with Crippen LogP contribution in [0.3, 0.4) is 0 Å². The third-order valence-electron chi connectivity index (χ3n) is 2.65. The molecule has 0 bridgehead atoms. The molecule has 0 saturated carbocycles. The minimum atomic E-state index is 0.569. The van der Waals surface area contributed by atoms with E-state index in [9.17, 15) is 0 Å². The molecule has 2 aromatic rings. The summed E-state index contributed by atoms with van der Waals surface area (Å²) in [5.74, 6) is 0. The number of aryl methyl sites for hydroxylation is 1. The van der Waals surface area contributed by atoms with Gasteiger partial charge in [0, 0.05) is 11.5 Å². The molecular weight excluding hydrogens is 198 g/mol. The Morgan fingerprint density at radius 2 is 1.88 bits per heavy atom. The SMILES string of the molecule is [N-]=[N+]=NCCCc1cccc2ccccc12. The van der Waals surface area contributed by atoms with Gasteiger partial charge in [0.15, 0.2) is 0 Å². The van der Waals surface area contributed by atoms with Crippen LogP contribution in [0.5, 0.6) is 0 Å². The van der Waals surface area contributed by atoms with Gasteiger partial charge in [0.05, 0.1) is 0 Å². The number of hydrogen-bond acceptors (Lipinski definition) is 1. The van der Waals surface area contributed by atoms with Crippen molar-refractivity contribution in [3.63, 3.8) is 0 Å². The van der Waals surface area contributed by atoms with Gasteiger partial charge in [-0.15, -0.1) is 0 Å². The van der Waals surface area contributed by atoms with Gasteiger partial charge in [0.25, 0.3) is 0 Å². The lowest BCUT2D eigenvalue weighted by molar-refractivity contribution is 0.831. The highest BCUT2D eigenvalue weighted by Crippen LogP contribution is 2.19. The third kappa shape index (κ3) is 2.33. The van der Waals surface area contributed by atoms with Crippen LogP contribution in [0.4, 0.5) is 0 Å². The second kappa shape index (κ2) is 5.19. The van der Waals surface area contributed by atoms with Crippen molar-refractivity contribution in [1.82, 2.24) is 0 Å². The summed E-state index contributed by atoms with van der Waals surface area (Å²) in [4.78, 5) is 2.75. The first-order valence-corrected chi connectivity index (χ1v) is 5.39. The first-order chi connectivity index (χ1) is 7.92. The fourth-order valence-electron chi connectivity index (χ4n) is 1.90. The van der Waals surface area contributed by atoms with E-state index in [1.165, 1.54) is 16.3 Å². The molecule has 2 aromatic carbocycles. The van der Waals surface area contributed by atoms with Crippen molar-refractivity contribution in [2.75, 3.05) is 6.54 Å². The van der Waals surface area contributed by atoms with Gasteiger partial charge in [-0.2, -0.15) is 0 Å². The lowest BCUT2D eigenvalue weighted by Gasteiger charge is -2.04. The van der Waals surface area contributed by atoms with Gasteiger partial charge >= 0.3 is 0 Å². The predicted octanol–water partition coefficient (Wildman–Crippen LogP) is 4.08. The van der Waals surface area contributed by atoms with Crippen molar-refractivity contribution in [3.05, 3.63) is 58.5 Å². The zero-order chi connectivity index (χ0) is 11.2. The molecule has 0 spiro atoms. The van der Waals surface area contributed by atoms with Crippen LogP contribution >= 0.6 is 0 Å². The van der Waals surface area contributed by atoms with Crippen molar-refractivity contribution < 1.29 is 0 Å². The van der Waals surface area contributed by atoms with Crippen molar-refractivity contribution in [3.8, 4) is 0 Å². The van der Waals surface area contributed by atoms with Crippen LogP contribution in [0.1, 0.15) is 12.0 Å². The lowest BCUT2D eigenvalue weighted by atomic mass is 10.0. The summed E-state index contributed by atoms with van der Waals surface area (Å²) in [6.07, 6.45) is 1.86. The Balaban J connectivity index is 2.20. The van der Waals surface area contributed by atoms with E-state index in [1.54, 1.807) is 0 Å². The molecule has 0 fully saturated rings. The van der Waals surface area contributed by atoms with Gasteiger partial charge in [0.2, 0.25) is 0 Å². The standard InChI is InChI=1S/C13H13N3/c14-16-15-10-4-8-12-7-3-6-11-5-1-2-9-13(11)12/h1-3,5-7,9H,4,8,10H2. The summed E-state index contributed by atoms with van der Waals surface area (Å²) in [6, 6.07) is 14.7. The molecule has 0 atom stereocenters. The Morgan fingerprint density at radius 3 is 2.75 bits per heavy atom. The van der Waals surface area contributed by atoms with Crippen LogP contribution in [0.25, 0.3) is 21.2 Å². The number of hydrogen-bond donors (Lipinski definition) is 0. The monoisotopic (exact) mass is 211 g/mol. The van der Waals surface area contributed by atoms with Crippen molar-refractivity contribution in [2.45, 2.75) is 12.8 Å². The maximum absolute atomic E-state index is 8.19. The van der Waals surface area contributed by atoms with Crippen LogP contribution in [-0.4, -0.2) is 6.54 Å². The molecule has 0 aliphatic carbocycles. The normalized spacial score (nSPS) is 10.0. The Hall–Kier alpha value is -1.99. The second-order valence-corrected chi connectivity index (χ2v) is 3.70. The molecule has 0 heterocycles. The van der Waals surface area contributed by atoms with Crippen molar-refractivity contribution >= 4 is 10.8 Å². The molecule has 3 heteroatoms. The molecule has 0 aliphatic heterocycles. The van der Waals surface area contributed by atoms with Crippen LogP contribution in [0, 0.1) is 0 Å². The largest absolute Gasteiger partial charge is 0.0940 e. The molecular formula is C13H13N3. The topological polar surface area (TPSA) is 48.8 Å². The molecule has 0 saturated heterocycles. The molecule has 2 rings (SSSR count). The average Bonchev–Trinajstić information content (AvgIpc) is 2.35. The molecule has 0 aliphatic rings. The van der Waals surface area contributed by atoms with E-state index in [0.29, 0.717) is 6.54 Å². The summed E-state index contributed by atoms with van der Waals surface area (Å²) in [7, 11) is 0. The van der Waals surface area contributed by atoms with Gasteiger partial charge in [-0.1, -0.05) is 47.6 Å². The summed E-state index contributed by atoms with van der Waals surface area (Å²) in [6.45, 7) is 0.569. The number of fused-ring (bicyclic) bond motifs is 1. The fraction of sp³-hybridized carbons (Fsp3) is 0.231. The van der Waals surface area contributed by atoms with E-state index >= 15 is 0 Å². The van der Waals surface area contributed by atoms with Crippen LogP contribution in [0.15, 0.2) is 47.6 Å². The zero-order valence-electron chi connectivity index (χ0n) is 9.00. The zero-order valence-corrected chi connectivity index (χ0v) is 9.00. The highest BCUT2D eigenvalue weighted by atomic mass is 15.1. The smallest absolute Gasteiger partial charge is 0.0261 e. The molecule has 0 aromatic heterocycles. The Kier molecular flexibility index (Phi) is 3.42. The highest BCUT2D eigenvalue weighted by molar-refractivity contribution is 5.85. The van der Waals surface area contributed by atoms with Crippen molar-refractivity contribution in [1.29, 1.82) is 0 Å². The lowest BCUT2D eigenvalue weighted by Crippen LogP contribution is -1.89. The number of azide groups is 1. The van der Waals surface area contributed by atoms with E-state index in [-0.39, 0.29) is 0 Å². The first-order valence-electron chi connectivity index (χ1n) is 5.39. The molecule has 0 unspecified atom stereocenters. The van der Waals surface area contributed by atoms with E-state index < -0.39 is 0 Å². The van der Waals surface area contributed by atoms with E-state index in [4.69, 9.17) is 5.53 Å². The second-order valence-electron chi connectivity index (χ2n) is 3.70. The van der Waals surface area contributed by atoms with Crippen molar-refractivity contribution in [2.24, 2.45) is 5.11 Å². The summed E-state index contributed by atoms with van der Waals surface area (Å²) < 4.78 is 0. The van der Waals surface area contributed by atoms with Crippen LogP contribution in [0.2, 0.25) is 0 Å². The maximum atomic E-state index is 8.19. The molecule has 0 N–H and O–H groups in total. The van der Waals surface area contributed by atoms with Gasteiger partial charge in [0.1, 0.15) is 0 Å². The molecule has 0 amide bonds. The summed E-state index contributed by atoms with van der Waals surface area (Å²) in [5.41, 5.74) is 9.52. The van der Waals surface area contributed by atoms with Crippen LogP contribution < -0.4 is 0 Å². The Bertz CT molecular complexity index is 522. The first kappa shape index (κ1) is 10.5. The summed E-state index contributed by atoms with van der Waals surface area (Å²) >= 11 is 0. The van der Waals surface area contributed by atoms with Gasteiger partial charge in [-0.05, 0) is 34.7 Å².